The molecule has 4 N–H and O–H groups in total. The Kier molecular flexibility index (Phi) is 4.15. The number of hydrogen-bond donors (Lipinski definition) is 2. The molecule has 1 fully saturated rings. The molecule has 2 atom stereocenters. The molecule has 2 heterocycles. The van der Waals surface area contributed by atoms with Crippen molar-refractivity contribution in [2.24, 2.45) is 5.73 Å². The summed E-state index contributed by atoms with van der Waals surface area (Å²) >= 11 is 0. The van der Waals surface area contributed by atoms with Gasteiger partial charge >= 0.3 is 0 Å². The van der Waals surface area contributed by atoms with Gasteiger partial charge in [0, 0.05) is 28.9 Å². The Labute approximate surface area is 148 Å². The molecule has 25 heavy (non-hydrogen) atoms. The Morgan fingerprint density at radius 2 is 1.84 bits per heavy atom. The van der Waals surface area contributed by atoms with Gasteiger partial charge in [-0.2, -0.15) is 0 Å². The van der Waals surface area contributed by atoms with Crippen LogP contribution >= 0.6 is 0 Å². The number of anilines is 1. The largest absolute Gasteiger partial charge is 0.398 e. The van der Waals surface area contributed by atoms with Crippen molar-refractivity contribution < 1.29 is 0 Å². The zero-order valence-electron chi connectivity index (χ0n) is 14.5. The van der Waals surface area contributed by atoms with Crippen molar-refractivity contribution in [2.75, 3.05) is 19.3 Å². The Morgan fingerprint density at radius 1 is 1.04 bits per heavy atom. The average Bonchev–Trinajstić information content (AvgIpc) is 2.65. The lowest BCUT2D eigenvalue weighted by Crippen LogP contribution is -2.40. The monoisotopic (exact) mass is 332 g/mol. The van der Waals surface area contributed by atoms with E-state index in [1.807, 2.05) is 24.4 Å². The van der Waals surface area contributed by atoms with Crippen molar-refractivity contribution in [3.8, 4) is 11.1 Å². The summed E-state index contributed by atoms with van der Waals surface area (Å²) in [5, 5.41) is 2.25. The van der Waals surface area contributed by atoms with Gasteiger partial charge in [0.05, 0.1) is 11.7 Å². The van der Waals surface area contributed by atoms with Crippen molar-refractivity contribution in [2.45, 2.75) is 24.9 Å². The number of piperidine rings is 1. The normalized spacial score (nSPS) is 21.5. The number of aromatic nitrogens is 1. The predicted octanol–water partition coefficient (Wildman–Crippen LogP) is 3.58. The molecule has 1 aromatic heterocycles. The summed E-state index contributed by atoms with van der Waals surface area (Å²) in [7, 11) is 2.15. The molecule has 1 aliphatic rings. The van der Waals surface area contributed by atoms with Crippen LogP contribution in [0.3, 0.4) is 0 Å². The molecule has 128 valence electrons. The smallest absolute Gasteiger partial charge is 0.0576 e. The number of hydrogen-bond acceptors (Lipinski definition) is 4. The Bertz CT molecular complexity index is 888. The number of nitrogens with two attached hydrogens (primary N) is 2. The van der Waals surface area contributed by atoms with E-state index in [4.69, 9.17) is 16.5 Å². The minimum atomic E-state index is 0.267. The zero-order valence-corrected chi connectivity index (χ0v) is 14.5. The second-order valence-electron chi connectivity index (χ2n) is 7.00. The average molecular weight is 332 g/mol. The quantitative estimate of drug-likeness (QED) is 0.704. The van der Waals surface area contributed by atoms with Gasteiger partial charge in [0.1, 0.15) is 0 Å². The summed E-state index contributed by atoms with van der Waals surface area (Å²) < 4.78 is 0. The van der Waals surface area contributed by atoms with Gasteiger partial charge in [0.25, 0.3) is 0 Å². The van der Waals surface area contributed by atoms with Gasteiger partial charge in [0.15, 0.2) is 0 Å². The van der Waals surface area contributed by atoms with E-state index in [2.05, 4.69) is 42.3 Å². The molecular formula is C21H24N4. The van der Waals surface area contributed by atoms with Gasteiger partial charge in [-0.25, -0.2) is 0 Å². The van der Waals surface area contributed by atoms with Crippen LogP contribution < -0.4 is 11.5 Å². The molecule has 0 saturated carbocycles. The van der Waals surface area contributed by atoms with E-state index in [1.165, 1.54) is 0 Å². The number of nitrogens with zero attached hydrogens (tertiary/aromatic N) is 2. The van der Waals surface area contributed by atoms with Crippen LogP contribution in [-0.4, -0.2) is 29.5 Å². The summed E-state index contributed by atoms with van der Waals surface area (Å²) in [5.41, 5.74) is 16.5. The minimum Gasteiger partial charge on any atom is -0.398 e. The molecule has 4 rings (SSSR count). The van der Waals surface area contributed by atoms with Crippen molar-refractivity contribution in [1.82, 2.24) is 9.88 Å². The maximum absolute atomic E-state index is 6.16. The fourth-order valence-electron chi connectivity index (χ4n) is 3.79. The zero-order chi connectivity index (χ0) is 17.4. The standard InChI is InChI=1S/C21H24N4/c1-25-11-10-15(22)12-21(25)20-9-6-14(13-24-20)16-7-8-19(23)18-5-3-2-4-17(16)18/h2-9,13,15,21H,10-12,22-23H2,1H3. The molecule has 3 aromatic rings. The van der Waals surface area contributed by atoms with Crippen LogP contribution in [-0.2, 0) is 0 Å². The number of benzene rings is 2. The minimum absolute atomic E-state index is 0.267. The van der Waals surface area contributed by atoms with Gasteiger partial charge < -0.3 is 11.5 Å². The number of nitrogen functional groups attached to an aromatic ring is 1. The van der Waals surface area contributed by atoms with Gasteiger partial charge in [0.2, 0.25) is 0 Å². The van der Waals surface area contributed by atoms with Crippen molar-refractivity contribution in [3.05, 3.63) is 60.4 Å². The van der Waals surface area contributed by atoms with Crippen LogP contribution in [0.1, 0.15) is 24.6 Å². The first-order valence-electron chi connectivity index (χ1n) is 8.83. The van der Waals surface area contributed by atoms with Crippen LogP contribution in [0.2, 0.25) is 0 Å². The van der Waals surface area contributed by atoms with Gasteiger partial charge in [-0.3, -0.25) is 9.88 Å². The Balaban J connectivity index is 1.70. The van der Waals surface area contributed by atoms with E-state index in [0.29, 0.717) is 6.04 Å². The third-order valence-corrected chi connectivity index (χ3v) is 5.31. The molecule has 0 aliphatic carbocycles. The van der Waals surface area contributed by atoms with Crippen molar-refractivity contribution >= 4 is 16.5 Å². The maximum atomic E-state index is 6.16. The van der Waals surface area contributed by atoms with Crippen LogP contribution in [0.25, 0.3) is 21.9 Å². The maximum Gasteiger partial charge on any atom is 0.0576 e. The van der Waals surface area contributed by atoms with Gasteiger partial charge in [-0.1, -0.05) is 36.4 Å². The highest BCUT2D eigenvalue weighted by Gasteiger charge is 2.26. The highest BCUT2D eigenvalue weighted by Crippen LogP contribution is 2.33. The Hall–Kier alpha value is -2.43. The fraction of sp³-hybridized carbons (Fsp3) is 0.286. The van der Waals surface area contributed by atoms with Crippen molar-refractivity contribution in [1.29, 1.82) is 0 Å². The van der Waals surface area contributed by atoms with E-state index in [0.717, 1.165) is 52.7 Å². The summed E-state index contributed by atoms with van der Waals surface area (Å²) in [5.74, 6) is 0. The van der Waals surface area contributed by atoms with E-state index >= 15 is 0 Å². The molecule has 1 aliphatic heterocycles. The first-order valence-corrected chi connectivity index (χ1v) is 8.83. The van der Waals surface area contributed by atoms with E-state index in [1.54, 1.807) is 0 Å². The first-order chi connectivity index (χ1) is 12.1. The van der Waals surface area contributed by atoms with Crippen LogP contribution in [0, 0.1) is 0 Å². The third-order valence-electron chi connectivity index (χ3n) is 5.31. The molecule has 0 radical (unpaired) electrons. The third kappa shape index (κ3) is 2.99. The molecule has 4 nitrogen and oxygen atoms in total. The summed E-state index contributed by atoms with van der Waals surface area (Å²) in [6.07, 6.45) is 4.00. The second kappa shape index (κ2) is 6.47. The lowest BCUT2D eigenvalue weighted by atomic mass is 9.94. The van der Waals surface area contributed by atoms with Gasteiger partial charge in [-0.15, -0.1) is 0 Å². The number of likely N-dealkylation sites (tertiary alicyclic amines) is 1. The number of fused-ring (bicyclic) bond motifs is 1. The predicted molar refractivity (Wildman–Crippen MR) is 104 cm³/mol. The first kappa shape index (κ1) is 16.1. The van der Waals surface area contributed by atoms with Gasteiger partial charge in [-0.05, 0) is 49.5 Å². The van der Waals surface area contributed by atoms with E-state index in [-0.39, 0.29) is 6.04 Å². The second-order valence-corrected chi connectivity index (χ2v) is 7.00. The van der Waals surface area contributed by atoms with Crippen LogP contribution in [0.5, 0.6) is 0 Å². The molecule has 0 amide bonds. The van der Waals surface area contributed by atoms with Crippen LogP contribution in [0.4, 0.5) is 5.69 Å². The lowest BCUT2D eigenvalue weighted by molar-refractivity contribution is 0.168. The number of rotatable bonds is 2. The molecule has 0 spiro atoms. The number of pyridine rings is 1. The van der Waals surface area contributed by atoms with Crippen molar-refractivity contribution in [3.63, 3.8) is 0 Å². The molecule has 4 heteroatoms. The van der Waals surface area contributed by atoms with E-state index in [9.17, 15) is 0 Å². The Morgan fingerprint density at radius 3 is 2.60 bits per heavy atom. The highest BCUT2D eigenvalue weighted by atomic mass is 15.2. The molecular weight excluding hydrogens is 308 g/mol. The molecule has 2 aromatic carbocycles. The van der Waals surface area contributed by atoms with E-state index < -0.39 is 0 Å². The fourth-order valence-corrected chi connectivity index (χ4v) is 3.79. The molecule has 2 unspecified atom stereocenters. The lowest BCUT2D eigenvalue weighted by Gasteiger charge is -2.35. The molecule has 1 saturated heterocycles. The highest BCUT2D eigenvalue weighted by molar-refractivity contribution is 6.02. The summed E-state index contributed by atoms with van der Waals surface area (Å²) in [6, 6.07) is 17.2. The summed E-state index contributed by atoms with van der Waals surface area (Å²) in [6.45, 7) is 1.03. The topological polar surface area (TPSA) is 68.2 Å². The molecule has 0 bridgehead atoms. The SMILES string of the molecule is CN1CCC(N)CC1c1ccc(-c2ccc(N)c3ccccc23)cn1. The van der Waals surface area contributed by atoms with Crippen LogP contribution in [0.15, 0.2) is 54.7 Å². The summed E-state index contributed by atoms with van der Waals surface area (Å²) in [4.78, 5) is 7.12.